The lowest BCUT2D eigenvalue weighted by Gasteiger charge is -2.08. The summed E-state index contributed by atoms with van der Waals surface area (Å²) >= 11 is 3.48. The van der Waals surface area contributed by atoms with Crippen LogP contribution in [0.5, 0.6) is 11.5 Å². The molecule has 0 unspecified atom stereocenters. The van der Waals surface area contributed by atoms with Gasteiger partial charge in [0, 0.05) is 0 Å². The number of benzene rings is 3. The lowest BCUT2D eigenvalue weighted by molar-refractivity contribution is 0.480. The van der Waals surface area contributed by atoms with Gasteiger partial charge in [-0.05, 0) is 51.3 Å². The van der Waals surface area contributed by atoms with E-state index in [1.807, 2.05) is 54.6 Å². The van der Waals surface area contributed by atoms with Gasteiger partial charge in [0.2, 0.25) is 0 Å². The van der Waals surface area contributed by atoms with E-state index in [9.17, 15) is 0 Å². The van der Waals surface area contributed by atoms with E-state index in [1.165, 1.54) is 11.1 Å². The van der Waals surface area contributed by atoms with Crippen LogP contribution < -0.4 is 4.74 Å². The molecule has 0 bridgehead atoms. The highest BCUT2D eigenvalue weighted by atomic mass is 79.9. The normalized spacial score (nSPS) is 10.2. The van der Waals surface area contributed by atoms with Crippen molar-refractivity contribution in [3.05, 3.63) is 83.3 Å². The van der Waals surface area contributed by atoms with E-state index in [-0.39, 0.29) is 0 Å². The lowest BCUT2D eigenvalue weighted by atomic mass is 10.1. The van der Waals surface area contributed by atoms with Crippen LogP contribution in [0.2, 0.25) is 0 Å². The quantitative estimate of drug-likeness (QED) is 0.582. The first-order valence-electron chi connectivity index (χ1n) is 6.41. The van der Waals surface area contributed by atoms with Crippen molar-refractivity contribution < 1.29 is 4.74 Å². The zero-order chi connectivity index (χ0) is 13.8. The summed E-state index contributed by atoms with van der Waals surface area (Å²) in [6.45, 7) is 0. The fraction of sp³-hybridized carbons (Fsp3) is 0. The summed E-state index contributed by atoms with van der Waals surface area (Å²) < 4.78 is 6.80. The van der Waals surface area contributed by atoms with Crippen LogP contribution in [0.1, 0.15) is 0 Å². The third-order valence-corrected chi connectivity index (χ3v) is 3.68. The topological polar surface area (TPSA) is 9.23 Å². The van der Waals surface area contributed by atoms with Gasteiger partial charge in [0.1, 0.15) is 11.5 Å². The highest BCUT2D eigenvalue weighted by molar-refractivity contribution is 9.10. The molecule has 2 heteroatoms. The zero-order valence-corrected chi connectivity index (χ0v) is 12.4. The van der Waals surface area contributed by atoms with Crippen molar-refractivity contribution in [2.45, 2.75) is 0 Å². The van der Waals surface area contributed by atoms with Gasteiger partial charge in [-0.3, -0.25) is 0 Å². The second-order valence-electron chi connectivity index (χ2n) is 4.42. The van der Waals surface area contributed by atoms with E-state index in [2.05, 4.69) is 40.2 Å². The van der Waals surface area contributed by atoms with Crippen LogP contribution in [0.4, 0.5) is 0 Å². The minimum Gasteiger partial charge on any atom is -0.456 e. The van der Waals surface area contributed by atoms with Crippen LogP contribution in [-0.2, 0) is 0 Å². The minimum atomic E-state index is 0.819. The fourth-order valence-electron chi connectivity index (χ4n) is 2.00. The number of halogens is 1. The van der Waals surface area contributed by atoms with Gasteiger partial charge in [0.25, 0.3) is 0 Å². The van der Waals surface area contributed by atoms with Crippen molar-refractivity contribution in [3.63, 3.8) is 0 Å². The van der Waals surface area contributed by atoms with E-state index in [0.717, 1.165) is 16.0 Å². The second-order valence-corrected chi connectivity index (χ2v) is 5.28. The predicted molar refractivity (Wildman–Crippen MR) is 86.1 cm³/mol. The summed E-state index contributed by atoms with van der Waals surface area (Å²) in [6.07, 6.45) is 0. The molecule has 0 spiro atoms. The molecule has 0 aliphatic rings. The smallest absolute Gasteiger partial charge is 0.141 e. The van der Waals surface area contributed by atoms with Crippen molar-refractivity contribution in [3.8, 4) is 22.6 Å². The third-order valence-electron chi connectivity index (χ3n) is 3.03. The molecule has 1 nitrogen and oxygen atoms in total. The van der Waals surface area contributed by atoms with Crippen molar-refractivity contribution in [1.29, 1.82) is 0 Å². The largest absolute Gasteiger partial charge is 0.456 e. The maximum absolute atomic E-state index is 5.85. The van der Waals surface area contributed by atoms with Crippen LogP contribution in [0, 0.1) is 0 Å². The molecule has 0 atom stereocenters. The highest BCUT2D eigenvalue weighted by Crippen LogP contribution is 2.30. The summed E-state index contributed by atoms with van der Waals surface area (Å²) in [5.41, 5.74) is 2.39. The molecule has 0 radical (unpaired) electrons. The summed E-state index contributed by atoms with van der Waals surface area (Å²) in [7, 11) is 0. The number of ether oxygens (including phenoxy) is 1. The van der Waals surface area contributed by atoms with Gasteiger partial charge in [-0.25, -0.2) is 0 Å². The van der Waals surface area contributed by atoms with Gasteiger partial charge in [-0.2, -0.15) is 0 Å². The molecule has 98 valence electrons. The van der Waals surface area contributed by atoms with Gasteiger partial charge in [0.15, 0.2) is 0 Å². The third kappa shape index (κ3) is 2.91. The lowest BCUT2D eigenvalue weighted by Crippen LogP contribution is -1.85. The van der Waals surface area contributed by atoms with Crippen LogP contribution in [0.15, 0.2) is 83.3 Å². The molecule has 0 aliphatic heterocycles. The van der Waals surface area contributed by atoms with E-state index < -0.39 is 0 Å². The summed E-state index contributed by atoms with van der Waals surface area (Å²) in [6, 6.07) is 26.3. The van der Waals surface area contributed by atoms with E-state index in [4.69, 9.17) is 4.74 Å². The number of para-hydroxylation sites is 1. The Bertz CT molecular complexity index is 690. The highest BCUT2D eigenvalue weighted by Gasteiger charge is 2.02. The Kier molecular flexibility index (Phi) is 3.84. The predicted octanol–water partition coefficient (Wildman–Crippen LogP) is 5.91. The molecule has 3 rings (SSSR count). The minimum absolute atomic E-state index is 0.819. The van der Waals surface area contributed by atoms with Gasteiger partial charge in [0.05, 0.1) is 4.47 Å². The van der Waals surface area contributed by atoms with E-state index in [0.29, 0.717) is 0 Å². The van der Waals surface area contributed by atoms with Crippen molar-refractivity contribution in [2.24, 2.45) is 0 Å². The van der Waals surface area contributed by atoms with Gasteiger partial charge in [-0.1, -0.05) is 54.6 Å². The Morgan fingerprint density at radius 2 is 1.20 bits per heavy atom. The van der Waals surface area contributed by atoms with Crippen molar-refractivity contribution >= 4 is 15.9 Å². The molecule has 0 aromatic heterocycles. The SMILES string of the molecule is Brc1ccccc1Oc1ccc(-c2ccccc2)cc1. The first kappa shape index (κ1) is 12.9. The summed E-state index contributed by atoms with van der Waals surface area (Å²) in [4.78, 5) is 0. The Hall–Kier alpha value is -2.06. The number of hydrogen-bond donors (Lipinski definition) is 0. The first-order valence-corrected chi connectivity index (χ1v) is 7.20. The Balaban J connectivity index is 1.82. The van der Waals surface area contributed by atoms with E-state index in [1.54, 1.807) is 0 Å². The van der Waals surface area contributed by atoms with Crippen LogP contribution in [0.25, 0.3) is 11.1 Å². The molecule has 20 heavy (non-hydrogen) atoms. The monoisotopic (exact) mass is 324 g/mol. The Labute approximate surface area is 127 Å². The molecule has 0 fully saturated rings. The number of rotatable bonds is 3. The first-order chi connectivity index (χ1) is 9.83. The molecule has 0 amide bonds. The van der Waals surface area contributed by atoms with Crippen LogP contribution in [-0.4, -0.2) is 0 Å². The van der Waals surface area contributed by atoms with Crippen LogP contribution >= 0.6 is 15.9 Å². The second kappa shape index (κ2) is 5.93. The molecule has 3 aromatic carbocycles. The van der Waals surface area contributed by atoms with Crippen molar-refractivity contribution in [1.82, 2.24) is 0 Å². The number of hydrogen-bond acceptors (Lipinski definition) is 1. The Morgan fingerprint density at radius 3 is 1.90 bits per heavy atom. The summed E-state index contributed by atoms with van der Waals surface area (Å²) in [5, 5.41) is 0. The van der Waals surface area contributed by atoms with E-state index >= 15 is 0 Å². The van der Waals surface area contributed by atoms with Crippen molar-refractivity contribution in [2.75, 3.05) is 0 Å². The molecule has 0 N–H and O–H groups in total. The maximum Gasteiger partial charge on any atom is 0.141 e. The fourth-order valence-corrected chi connectivity index (χ4v) is 2.37. The zero-order valence-electron chi connectivity index (χ0n) is 10.8. The average molecular weight is 325 g/mol. The molecule has 0 saturated heterocycles. The maximum atomic E-state index is 5.85. The van der Waals surface area contributed by atoms with Gasteiger partial charge in [-0.15, -0.1) is 0 Å². The summed E-state index contributed by atoms with van der Waals surface area (Å²) in [5.74, 6) is 1.65. The van der Waals surface area contributed by atoms with Crippen LogP contribution in [0.3, 0.4) is 0 Å². The Morgan fingerprint density at radius 1 is 0.600 bits per heavy atom. The standard InChI is InChI=1S/C18H13BrO/c19-17-8-4-5-9-18(17)20-16-12-10-15(11-13-16)14-6-2-1-3-7-14/h1-13H. The molecular weight excluding hydrogens is 312 g/mol. The van der Waals surface area contributed by atoms with Gasteiger partial charge < -0.3 is 4.74 Å². The average Bonchev–Trinajstić information content (AvgIpc) is 2.51. The molecule has 0 aliphatic carbocycles. The molecular formula is C18H13BrO. The molecule has 0 saturated carbocycles. The van der Waals surface area contributed by atoms with Gasteiger partial charge >= 0.3 is 0 Å². The molecule has 3 aromatic rings. The molecule has 0 heterocycles.